The molecule has 3 nitrogen and oxygen atoms in total. The van der Waals surface area contributed by atoms with Gasteiger partial charge in [0.05, 0.1) is 13.0 Å². The fourth-order valence-electron chi connectivity index (χ4n) is 1.24. The highest BCUT2D eigenvalue weighted by Crippen LogP contribution is 2.33. The summed E-state index contributed by atoms with van der Waals surface area (Å²) in [6.45, 7) is 0.202. The van der Waals surface area contributed by atoms with Crippen LogP contribution in [0, 0.1) is 11.8 Å². The van der Waals surface area contributed by atoms with Crippen molar-refractivity contribution in [2.45, 2.75) is 12.8 Å². The van der Waals surface area contributed by atoms with Gasteiger partial charge in [0.25, 0.3) is 0 Å². The average Bonchev–Trinajstić information content (AvgIpc) is 1.85. The normalized spacial score (nSPS) is 31.0. The summed E-state index contributed by atoms with van der Waals surface area (Å²) in [5.41, 5.74) is 0. The first-order valence-corrected chi connectivity index (χ1v) is 3.46. The van der Waals surface area contributed by atoms with Gasteiger partial charge in [-0.05, 0) is 18.8 Å². The third-order valence-electron chi connectivity index (χ3n) is 2.03. The Morgan fingerprint density at radius 1 is 1.70 bits per heavy atom. The Morgan fingerprint density at radius 2 is 2.30 bits per heavy atom. The number of ether oxygens (including phenoxy) is 1. The number of hydrogen-bond donors (Lipinski definition) is 1. The summed E-state index contributed by atoms with van der Waals surface area (Å²) >= 11 is 0. The Hall–Kier alpha value is -0.570. The quantitative estimate of drug-likeness (QED) is 0.562. The van der Waals surface area contributed by atoms with E-state index >= 15 is 0 Å². The number of methoxy groups -OCH3 is 1. The molecular weight excluding hydrogens is 132 g/mol. The minimum atomic E-state index is -0.135. The highest BCUT2D eigenvalue weighted by Gasteiger charge is 2.34. The van der Waals surface area contributed by atoms with E-state index in [2.05, 4.69) is 4.74 Å². The summed E-state index contributed by atoms with van der Waals surface area (Å²) in [7, 11) is 1.40. The Balaban J connectivity index is 2.19. The summed E-state index contributed by atoms with van der Waals surface area (Å²) in [4.78, 5) is 10.8. The van der Waals surface area contributed by atoms with Gasteiger partial charge in [-0.3, -0.25) is 4.79 Å². The fraction of sp³-hybridized carbons (Fsp3) is 0.857. The van der Waals surface area contributed by atoms with E-state index in [1.807, 2.05) is 0 Å². The van der Waals surface area contributed by atoms with E-state index in [0.29, 0.717) is 5.92 Å². The first-order chi connectivity index (χ1) is 4.77. The molecule has 0 aromatic rings. The van der Waals surface area contributed by atoms with Crippen LogP contribution in [0.4, 0.5) is 0 Å². The first-order valence-electron chi connectivity index (χ1n) is 3.46. The Morgan fingerprint density at radius 3 is 2.70 bits per heavy atom. The number of carbonyl (C=O) groups is 1. The van der Waals surface area contributed by atoms with Gasteiger partial charge in [0, 0.05) is 6.61 Å². The molecule has 0 atom stereocenters. The van der Waals surface area contributed by atoms with E-state index in [4.69, 9.17) is 5.11 Å². The molecule has 0 heterocycles. The largest absolute Gasteiger partial charge is 0.469 e. The minimum absolute atomic E-state index is 0.0575. The number of hydrogen-bond acceptors (Lipinski definition) is 3. The van der Waals surface area contributed by atoms with Gasteiger partial charge in [0.1, 0.15) is 0 Å². The summed E-state index contributed by atoms with van der Waals surface area (Å²) in [5.74, 6) is 0.260. The van der Waals surface area contributed by atoms with E-state index < -0.39 is 0 Å². The van der Waals surface area contributed by atoms with Crippen LogP contribution >= 0.6 is 0 Å². The lowest BCUT2D eigenvalue weighted by Gasteiger charge is -2.31. The molecule has 1 aliphatic carbocycles. The van der Waals surface area contributed by atoms with Gasteiger partial charge in [-0.2, -0.15) is 0 Å². The monoisotopic (exact) mass is 144 g/mol. The summed E-state index contributed by atoms with van der Waals surface area (Å²) in [5, 5.41) is 8.61. The van der Waals surface area contributed by atoms with Gasteiger partial charge in [-0.15, -0.1) is 0 Å². The maximum atomic E-state index is 10.8. The average molecular weight is 144 g/mol. The molecule has 3 heteroatoms. The van der Waals surface area contributed by atoms with Crippen molar-refractivity contribution in [2.24, 2.45) is 11.8 Å². The molecule has 1 saturated carbocycles. The van der Waals surface area contributed by atoms with Gasteiger partial charge >= 0.3 is 5.97 Å². The number of carbonyl (C=O) groups excluding carboxylic acids is 1. The molecule has 0 aromatic carbocycles. The molecule has 58 valence electrons. The van der Waals surface area contributed by atoms with E-state index in [1.54, 1.807) is 0 Å². The molecule has 0 saturated heterocycles. The molecule has 10 heavy (non-hydrogen) atoms. The van der Waals surface area contributed by atoms with Crippen LogP contribution in [0.25, 0.3) is 0 Å². The van der Waals surface area contributed by atoms with E-state index in [-0.39, 0.29) is 18.5 Å². The molecule has 0 spiro atoms. The molecule has 0 aliphatic heterocycles. The van der Waals surface area contributed by atoms with Crippen molar-refractivity contribution in [3.63, 3.8) is 0 Å². The number of aliphatic hydroxyl groups excluding tert-OH is 1. The van der Waals surface area contributed by atoms with Gasteiger partial charge in [-0.1, -0.05) is 0 Å². The maximum absolute atomic E-state index is 10.8. The SMILES string of the molecule is COC(=O)C1CC(CO)C1. The molecule has 0 unspecified atom stereocenters. The van der Waals surface area contributed by atoms with Crippen molar-refractivity contribution in [3.8, 4) is 0 Å². The molecule has 1 aliphatic rings. The van der Waals surface area contributed by atoms with Crippen LogP contribution in [-0.2, 0) is 9.53 Å². The highest BCUT2D eigenvalue weighted by atomic mass is 16.5. The van der Waals surface area contributed by atoms with Crippen LogP contribution in [-0.4, -0.2) is 24.8 Å². The maximum Gasteiger partial charge on any atom is 0.308 e. The van der Waals surface area contributed by atoms with Gasteiger partial charge < -0.3 is 9.84 Å². The summed E-state index contributed by atoms with van der Waals surface area (Å²) < 4.78 is 4.53. The topological polar surface area (TPSA) is 46.5 Å². The van der Waals surface area contributed by atoms with Crippen molar-refractivity contribution in [1.82, 2.24) is 0 Å². The van der Waals surface area contributed by atoms with E-state index in [1.165, 1.54) is 7.11 Å². The van der Waals surface area contributed by atoms with Crippen LogP contribution in [0.1, 0.15) is 12.8 Å². The van der Waals surface area contributed by atoms with Crippen molar-refractivity contribution in [1.29, 1.82) is 0 Å². The smallest absolute Gasteiger partial charge is 0.308 e. The van der Waals surface area contributed by atoms with Crippen molar-refractivity contribution in [2.75, 3.05) is 13.7 Å². The van der Waals surface area contributed by atoms with Crippen LogP contribution in [0.5, 0.6) is 0 Å². The number of esters is 1. The minimum Gasteiger partial charge on any atom is -0.469 e. The van der Waals surface area contributed by atoms with E-state index in [0.717, 1.165) is 12.8 Å². The second-order valence-electron chi connectivity index (χ2n) is 2.74. The van der Waals surface area contributed by atoms with Crippen LogP contribution < -0.4 is 0 Å². The zero-order chi connectivity index (χ0) is 7.56. The zero-order valence-corrected chi connectivity index (χ0v) is 6.04. The number of rotatable bonds is 2. The molecular formula is C7H12O3. The predicted molar refractivity (Wildman–Crippen MR) is 35.3 cm³/mol. The standard InChI is InChI=1S/C7H12O3/c1-10-7(9)6-2-5(3-6)4-8/h5-6,8H,2-4H2,1H3. The summed E-state index contributed by atoms with van der Waals surface area (Å²) in [6, 6.07) is 0. The molecule has 0 bridgehead atoms. The number of aliphatic hydroxyl groups is 1. The third-order valence-corrected chi connectivity index (χ3v) is 2.03. The molecule has 0 amide bonds. The van der Waals surface area contributed by atoms with Crippen LogP contribution in [0.15, 0.2) is 0 Å². The summed E-state index contributed by atoms with van der Waals surface area (Å²) in [6.07, 6.45) is 1.59. The molecule has 0 radical (unpaired) electrons. The zero-order valence-electron chi connectivity index (χ0n) is 6.04. The molecule has 1 N–H and O–H groups in total. The third kappa shape index (κ3) is 1.29. The van der Waals surface area contributed by atoms with Crippen molar-refractivity contribution < 1.29 is 14.6 Å². The van der Waals surface area contributed by atoms with Crippen molar-refractivity contribution in [3.05, 3.63) is 0 Å². The lowest BCUT2D eigenvalue weighted by Crippen LogP contribution is -2.33. The van der Waals surface area contributed by atoms with E-state index in [9.17, 15) is 4.79 Å². The molecule has 1 rings (SSSR count). The Bertz CT molecular complexity index is 127. The molecule has 0 aromatic heterocycles. The lowest BCUT2D eigenvalue weighted by atomic mass is 9.75. The van der Waals surface area contributed by atoms with Gasteiger partial charge in [0.15, 0.2) is 0 Å². The second-order valence-corrected chi connectivity index (χ2v) is 2.74. The van der Waals surface area contributed by atoms with Crippen LogP contribution in [0.3, 0.4) is 0 Å². The van der Waals surface area contributed by atoms with Gasteiger partial charge in [0.2, 0.25) is 0 Å². The highest BCUT2D eigenvalue weighted by molar-refractivity contribution is 5.73. The first kappa shape index (κ1) is 7.54. The van der Waals surface area contributed by atoms with Crippen molar-refractivity contribution >= 4 is 5.97 Å². The Kier molecular flexibility index (Phi) is 2.27. The second kappa shape index (κ2) is 3.01. The Labute approximate surface area is 60.0 Å². The predicted octanol–water partition coefficient (Wildman–Crippen LogP) is 0.178. The van der Waals surface area contributed by atoms with Gasteiger partial charge in [-0.25, -0.2) is 0 Å². The van der Waals surface area contributed by atoms with Crippen LogP contribution in [0.2, 0.25) is 0 Å². The fourth-order valence-corrected chi connectivity index (χ4v) is 1.24. The lowest BCUT2D eigenvalue weighted by molar-refractivity contribution is -0.150. The molecule has 1 fully saturated rings.